The minimum absolute atomic E-state index is 0.669. The lowest BCUT2D eigenvalue weighted by Crippen LogP contribution is -2.36. The van der Waals surface area contributed by atoms with Crippen LogP contribution in [0.15, 0.2) is 36.4 Å². The van der Waals surface area contributed by atoms with Crippen LogP contribution in [0.3, 0.4) is 0 Å². The minimum Gasteiger partial charge on any atom is -0.308 e. The summed E-state index contributed by atoms with van der Waals surface area (Å²) in [6, 6.07) is 13.3. The molecule has 0 spiro atoms. The topological polar surface area (TPSA) is 24.9 Å². The molecule has 2 nitrogen and oxygen atoms in total. The van der Waals surface area contributed by atoms with Gasteiger partial charge in [-0.15, -0.1) is 0 Å². The first-order valence-corrected chi connectivity index (χ1v) is 7.41. The van der Waals surface area contributed by atoms with Crippen molar-refractivity contribution in [3.8, 4) is 0 Å². The average Bonchev–Trinajstić information content (AvgIpc) is 2.46. The van der Waals surface area contributed by atoms with Crippen molar-refractivity contribution in [2.24, 2.45) is 5.92 Å². The average molecular weight is 254 g/mol. The molecule has 1 aliphatic rings. The van der Waals surface area contributed by atoms with E-state index in [1.54, 1.807) is 0 Å². The van der Waals surface area contributed by atoms with Crippen LogP contribution in [0.4, 0.5) is 0 Å². The number of rotatable bonds is 3. The van der Waals surface area contributed by atoms with E-state index in [-0.39, 0.29) is 0 Å². The van der Waals surface area contributed by atoms with Gasteiger partial charge < -0.3 is 5.32 Å². The van der Waals surface area contributed by atoms with Crippen molar-refractivity contribution in [1.29, 1.82) is 0 Å². The molecule has 0 aliphatic heterocycles. The summed E-state index contributed by atoms with van der Waals surface area (Å²) in [6.45, 7) is 3.25. The first kappa shape index (κ1) is 12.6. The predicted molar refractivity (Wildman–Crippen MR) is 80.0 cm³/mol. The zero-order chi connectivity index (χ0) is 13.1. The zero-order valence-electron chi connectivity index (χ0n) is 11.6. The monoisotopic (exact) mass is 254 g/mol. The second-order valence-electron chi connectivity index (χ2n) is 5.74. The van der Waals surface area contributed by atoms with Gasteiger partial charge in [-0.1, -0.05) is 44.0 Å². The molecule has 1 fully saturated rings. The second-order valence-corrected chi connectivity index (χ2v) is 5.74. The fourth-order valence-electron chi connectivity index (χ4n) is 3.06. The molecule has 3 rings (SSSR count). The van der Waals surface area contributed by atoms with E-state index >= 15 is 0 Å². The third-order valence-electron chi connectivity index (χ3n) is 4.31. The SMILES string of the molecule is CC1CCCCC1NCc1ccc2ccccc2n1. The highest BCUT2D eigenvalue weighted by Gasteiger charge is 2.20. The van der Waals surface area contributed by atoms with Gasteiger partial charge >= 0.3 is 0 Å². The van der Waals surface area contributed by atoms with E-state index in [4.69, 9.17) is 4.98 Å². The number of hydrogen-bond donors (Lipinski definition) is 1. The summed E-state index contributed by atoms with van der Waals surface area (Å²) in [4.78, 5) is 4.72. The van der Waals surface area contributed by atoms with E-state index in [9.17, 15) is 0 Å². The summed E-state index contributed by atoms with van der Waals surface area (Å²) in [6.07, 6.45) is 5.44. The molecule has 2 unspecified atom stereocenters. The summed E-state index contributed by atoms with van der Waals surface area (Å²) in [7, 11) is 0. The highest BCUT2D eigenvalue weighted by Crippen LogP contribution is 2.24. The van der Waals surface area contributed by atoms with Crippen LogP contribution in [0.2, 0.25) is 0 Å². The summed E-state index contributed by atoms with van der Waals surface area (Å²) in [5, 5.41) is 4.91. The van der Waals surface area contributed by atoms with Crippen LogP contribution < -0.4 is 5.32 Å². The summed E-state index contributed by atoms with van der Waals surface area (Å²) >= 11 is 0. The van der Waals surface area contributed by atoms with Gasteiger partial charge in [0.2, 0.25) is 0 Å². The second kappa shape index (κ2) is 5.70. The third-order valence-corrected chi connectivity index (χ3v) is 4.31. The maximum Gasteiger partial charge on any atom is 0.0705 e. The number of para-hydroxylation sites is 1. The number of nitrogens with one attached hydrogen (secondary N) is 1. The molecule has 1 heterocycles. The van der Waals surface area contributed by atoms with Gasteiger partial charge in [-0.05, 0) is 30.9 Å². The van der Waals surface area contributed by atoms with Gasteiger partial charge in [0.15, 0.2) is 0 Å². The Hall–Kier alpha value is -1.41. The molecule has 100 valence electrons. The van der Waals surface area contributed by atoms with Gasteiger partial charge in [-0.2, -0.15) is 0 Å². The lowest BCUT2D eigenvalue weighted by Gasteiger charge is -2.29. The van der Waals surface area contributed by atoms with E-state index in [0.717, 1.165) is 23.7 Å². The van der Waals surface area contributed by atoms with Gasteiger partial charge in [-0.25, -0.2) is 0 Å². The summed E-state index contributed by atoms with van der Waals surface area (Å²) in [5.41, 5.74) is 2.25. The lowest BCUT2D eigenvalue weighted by atomic mass is 9.86. The van der Waals surface area contributed by atoms with Crippen molar-refractivity contribution in [1.82, 2.24) is 10.3 Å². The van der Waals surface area contributed by atoms with Crippen LogP contribution in [0.25, 0.3) is 10.9 Å². The van der Waals surface area contributed by atoms with E-state index in [2.05, 4.69) is 48.6 Å². The van der Waals surface area contributed by atoms with Gasteiger partial charge in [-0.3, -0.25) is 4.98 Å². The maximum atomic E-state index is 4.72. The lowest BCUT2D eigenvalue weighted by molar-refractivity contribution is 0.279. The quantitative estimate of drug-likeness (QED) is 0.898. The highest BCUT2D eigenvalue weighted by atomic mass is 14.9. The van der Waals surface area contributed by atoms with E-state index in [0.29, 0.717) is 6.04 Å². The van der Waals surface area contributed by atoms with Crippen molar-refractivity contribution >= 4 is 10.9 Å². The molecule has 1 aromatic carbocycles. The van der Waals surface area contributed by atoms with E-state index in [1.807, 2.05) is 0 Å². The predicted octanol–water partition coefficient (Wildman–Crippen LogP) is 3.90. The summed E-state index contributed by atoms with van der Waals surface area (Å²) in [5.74, 6) is 0.800. The molecule has 1 aliphatic carbocycles. The molecule has 2 atom stereocenters. The third kappa shape index (κ3) is 2.95. The number of pyridine rings is 1. The fourth-order valence-corrected chi connectivity index (χ4v) is 3.06. The normalized spacial score (nSPS) is 23.6. The molecule has 0 bridgehead atoms. The molecule has 1 N–H and O–H groups in total. The van der Waals surface area contributed by atoms with E-state index < -0.39 is 0 Å². The Balaban J connectivity index is 1.67. The van der Waals surface area contributed by atoms with Crippen molar-refractivity contribution in [2.75, 3.05) is 0 Å². The molecule has 0 saturated heterocycles. The van der Waals surface area contributed by atoms with Crippen molar-refractivity contribution in [2.45, 2.75) is 45.2 Å². The first-order chi connectivity index (χ1) is 9.33. The maximum absolute atomic E-state index is 4.72. The van der Waals surface area contributed by atoms with Crippen molar-refractivity contribution in [3.05, 3.63) is 42.1 Å². The molecule has 1 aromatic heterocycles. The van der Waals surface area contributed by atoms with Crippen LogP contribution in [0.5, 0.6) is 0 Å². The molecular weight excluding hydrogens is 232 g/mol. The Morgan fingerprint density at radius 1 is 1.11 bits per heavy atom. The van der Waals surface area contributed by atoms with Crippen molar-refractivity contribution < 1.29 is 0 Å². The fraction of sp³-hybridized carbons (Fsp3) is 0.471. The van der Waals surface area contributed by atoms with Crippen LogP contribution in [0, 0.1) is 5.92 Å². The van der Waals surface area contributed by atoms with Crippen LogP contribution in [0.1, 0.15) is 38.3 Å². The molecule has 2 heteroatoms. The Kier molecular flexibility index (Phi) is 3.79. The Morgan fingerprint density at radius 2 is 1.95 bits per heavy atom. The number of aromatic nitrogens is 1. The smallest absolute Gasteiger partial charge is 0.0705 e. The number of nitrogens with zero attached hydrogens (tertiary/aromatic N) is 1. The molecule has 19 heavy (non-hydrogen) atoms. The molecule has 2 aromatic rings. The molecule has 0 amide bonds. The van der Waals surface area contributed by atoms with Gasteiger partial charge in [0.05, 0.1) is 11.2 Å². The summed E-state index contributed by atoms with van der Waals surface area (Å²) < 4.78 is 0. The van der Waals surface area contributed by atoms with Crippen LogP contribution >= 0.6 is 0 Å². The minimum atomic E-state index is 0.669. The standard InChI is InChI=1S/C17H22N2/c1-13-6-2-4-8-16(13)18-12-15-11-10-14-7-3-5-9-17(14)19-15/h3,5,7,9-11,13,16,18H,2,4,6,8,12H2,1H3. The Labute approximate surface area is 115 Å². The van der Waals surface area contributed by atoms with Gasteiger partial charge in [0.25, 0.3) is 0 Å². The van der Waals surface area contributed by atoms with Gasteiger partial charge in [0.1, 0.15) is 0 Å². The number of fused-ring (bicyclic) bond motifs is 1. The largest absolute Gasteiger partial charge is 0.308 e. The Morgan fingerprint density at radius 3 is 2.84 bits per heavy atom. The van der Waals surface area contributed by atoms with Crippen LogP contribution in [-0.2, 0) is 6.54 Å². The van der Waals surface area contributed by atoms with Crippen LogP contribution in [-0.4, -0.2) is 11.0 Å². The Bertz CT molecular complexity index is 550. The molecule has 0 radical (unpaired) electrons. The van der Waals surface area contributed by atoms with Crippen molar-refractivity contribution in [3.63, 3.8) is 0 Å². The first-order valence-electron chi connectivity index (χ1n) is 7.41. The van der Waals surface area contributed by atoms with Gasteiger partial charge in [0, 0.05) is 18.0 Å². The zero-order valence-corrected chi connectivity index (χ0v) is 11.6. The van der Waals surface area contributed by atoms with E-state index in [1.165, 1.54) is 31.1 Å². The number of benzene rings is 1. The number of hydrogen-bond acceptors (Lipinski definition) is 2. The highest BCUT2D eigenvalue weighted by molar-refractivity contribution is 5.78. The molecule has 1 saturated carbocycles. The molecular formula is C17H22N2.